The summed E-state index contributed by atoms with van der Waals surface area (Å²) < 4.78 is 57.7. The monoisotopic (exact) mass is 643 g/mol. The topological polar surface area (TPSA) is 59.3 Å². The molecule has 6 aromatic rings. The highest BCUT2D eigenvalue weighted by Crippen LogP contribution is 2.45. The van der Waals surface area contributed by atoms with E-state index in [0.29, 0.717) is 43.7 Å². The molecule has 45 heavy (non-hydrogen) atoms. The van der Waals surface area contributed by atoms with Crippen LogP contribution in [0.15, 0.2) is 108 Å². The van der Waals surface area contributed by atoms with Gasteiger partial charge in [0.05, 0.1) is 21.7 Å². The Labute approximate surface area is 264 Å². The Morgan fingerprint density at radius 2 is 1.49 bits per heavy atom. The minimum absolute atomic E-state index is 0.0487. The molecule has 1 unspecified atom stereocenters. The van der Waals surface area contributed by atoms with Gasteiger partial charge in [0.2, 0.25) is 0 Å². The molecule has 1 heterocycles. The van der Waals surface area contributed by atoms with Gasteiger partial charge in [-0.3, -0.25) is 3.97 Å². The molecule has 9 heteroatoms. The van der Waals surface area contributed by atoms with Gasteiger partial charge >= 0.3 is 5.97 Å². The van der Waals surface area contributed by atoms with Gasteiger partial charge in [0.25, 0.3) is 6.43 Å². The maximum absolute atomic E-state index is 14.9. The Morgan fingerprint density at radius 3 is 2.13 bits per heavy atom. The van der Waals surface area contributed by atoms with E-state index in [1.807, 2.05) is 56.3 Å². The van der Waals surface area contributed by atoms with Crippen molar-refractivity contribution < 1.29 is 27.3 Å². The Kier molecular flexibility index (Phi) is 8.12. The number of aromatic nitrogens is 1. The van der Waals surface area contributed by atoms with E-state index in [2.05, 4.69) is 0 Å². The second kappa shape index (κ2) is 12.0. The van der Waals surface area contributed by atoms with Crippen molar-refractivity contribution in [3.63, 3.8) is 0 Å². The molecular weight excluding hydrogens is 619 g/mol. The van der Waals surface area contributed by atoms with E-state index in [1.165, 1.54) is 48.5 Å². The summed E-state index contributed by atoms with van der Waals surface area (Å²) >= 11 is 6.54. The lowest BCUT2D eigenvalue weighted by molar-refractivity contribution is 0.0697. The highest BCUT2D eigenvalue weighted by molar-refractivity contribution is 7.83. The quantitative estimate of drug-likeness (QED) is 0.188. The van der Waals surface area contributed by atoms with Crippen LogP contribution in [0.3, 0.4) is 0 Å². The first-order valence-corrected chi connectivity index (χ1v) is 15.4. The van der Waals surface area contributed by atoms with Crippen LogP contribution < -0.4 is 0 Å². The van der Waals surface area contributed by atoms with E-state index in [9.17, 15) is 27.3 Å². The highest BCUT2D eigenvalue weighted by atomic mass is 35.5. The van der Waals surface area contributed by atoms with Crippen molar-refractivity contribution in [1.29, 1.82) is 0 Å². The lowest BCUT2D eigenvalue weighted by Crippen LogP contribution is -2.07. The van der Waals surface area contributed by atoms with Crippen LogP contribution in [-0.2, 0) is 11.0 Å². The molecule has 0 bridgehead atoms. The molecule has 0 amide bonds. The minimum Gasteiger partial charge on any atom is -0.478 e. The number of hydrogen-bond acceptors (Lipinski definition) is 2. The molecule has 0 aliphatic rings. The first kappa shape index (κ1) is 30.4. The van der Waals surface area contributed by atoms with E-state index < -0.39 is 29.2 Å². The average Bonchev–Trinajstić information content (AvgIpc) is 3.34. The molecule has 0 saturated heterocycles. The number of carbonyl (C=O) groups is 1. The fraction of sp³-hybridized carbons (Fsp3) is 0.0833. The summed E-state index contributed by atoms with van der Waals surface area (Å²) in [5, 5.41) is 10.2. The smallest absolute Gasteiger partial charge is 0.335 e. The van der Waals surface area contributed by atoms with Crippen molar-refractivity contribution in [2.75, 3.05) is 0 Å². The predicted molar refractivity (Wildman–Crippen MR) is 173 cm³/mol. The standard InChI is InChI=1S/C36H25ClF3NO3S/c1-20-5-3-6-21(2)32(20)33-29-19-26(38)12-16-31(29)41(45(44)27-13-9-22(10-14-27)35(39)40)34(33)24-8-4-7-23(17-24)28-15-11-25(36(42)43)18-30(28)37/h3-19,35H,1-2H3,(H,42,43). The third kappa shape index (κ3) is 5.56. The predicted octanol–water partition coefficient (Wildman–Crippen LogP) is 10.3. The maximum atomic E-state index is 14.9. The van der Waals surface area contributed by atoms with Gasteiger partial charge in [0.15, 0.2) is 11.0 Å². The van der Waals surface area contributed by atoms with Crippen molar-refractivity contribution in [1.82, 2.24) is 3.97 Å². The van der Waals surface area contributed by atoms with Crippen molar-refractivity contribution >= 4 is 39.5 Å². The molecule has 0 aliphatic heterocycles. The summed E-state index contributed by atoms with van der Waals surface area (Å²) in [4.78, 5) is 11.8. The Morgan fingerprint density at radius 1 is 0.822 bits per heavy atom. The van der Waals surface area contributed by atoms with Gasteiger partial charge in [-0.15, -0.1) is 0 Å². The largest absolute Gasteiger partial charge is 0.478 e. The molecule has 0 aliphatic carbocycles. The van der Waals surface area contributed by atoms with Crippen LogP contribution in [0.5, 0.6) is 0 Å². The molecule has 226 valence electrons. The van der Waals surface area contributed by atoms with Crippen LogP contribution in [-0.4, -0.2) is 19.3 Å². The van der Waals surface area contributed by atoms with Gasteiger partial charge in [-0.25, -0.2) is 22.2 Å². The normalized spacial score (nSPS) is 12.2. The number of nitrogens with zero attached hydrogens (tertiary/aromatic N) is 1. The van der Waals surface area contributed by atoms with Crippen molar-refractivity contribution in [3.8, 4) is 33.5 Å². The van der Waals surface area contributed by atoms with Crippen LogP contribution in [0.1, 0.15) is 33.5 Å². The van der Waals surface area contributed by atoms with Crippen LogP contribution in [0.25, 0.3) is 44.4 Å². The van der Waals surface area contributed by atoms with Crippen LogP contribution in [0.2, 0.25) is 5.02 Å². The highest BCUT2D eigenvalue weighted by Gasteiger charge is 2.27. The summed E-state index contributed by atoms with van der Waals surface area (Å²) in [6.45, 7) is 3.91. The molecule has 4 nitrogen and oxygen atoms in total. The summed E-state index contributed by atoms with van der Waals surface area (Å²) in [7, 11) is -1.93. The van der Waals surface area contributed by atoms with Gasteiger partial charge in [-0.05, 0) is 84.6 Å². The number of rotatable bonds is 7. The Hall–Kier alpha value is -4.66. The molecule has 0 saturated carbocycles. The number of aryl methyl sites for hydroxylation is 2. The minimum atomic E-state index is -2.67. The molecule has 0 spiro atoms. The van der Waals surface area contributed by atoms with E-state index in [-0.39, 0.29) is 16.1 Å². The second-order valence-electron chi connectivity index (χ2n) is 10.6. The van der Waals surface area contributed by atoms with E-state index in [4.69, 9.17) is 11.6 Å². The van der Waals surface area contributed by atoms with Crippen molar-refractivity contribution in [3.05, 3.63) is 136 Å². The average molecular weight is 644 g/mol. The number of fused-ring (bicyclic) bond motifs is 1. The number of benzene rings is 5. The second-order valence-corrected chi connectivity index (χ2v) is 12.4. The maximum Gasteiger partial charge on any atom is 0.335 e. The summed E-state index contributed by atoms with van der Waals surface area (Å²) in [5.41, 5.74) is 6.16. The number of hydrogen-bond donors (Lipinski definition) is 1. The molecule has 1 N–H and O–H groups in total. The molecule has 6 rings (SSSR count). The number of alkyl halides is 2. The fourth-order valence-electron chi connectivity index (χ4n) is 5.68. The molecule has 0 fully saturated rings. The number of carboxylic acid groups (broad SMARTS) is 1. The van der Waals surface area contributed by atoms with Gasteiger partial charge in [0, 0.05) is 32.7 Å². The number of halogens is 4. The summed E-state index contributed by atoms with van der Waals surface area (Å²) in [6, 6.07) is 27.3. The van der Waals surface area contributed by atoms with Crippen molar-refractivity contribution in [2.24, 2.45) is 0 Å². The molecular formula is C36H25ClF3NO3S. The SMILES string of the molecule is Cc1cccc(C)c1-c1c(-c2cccc(-c3ccc(C(=O)O)cc3Cl)c2)n(S(=O)c2ccc(C(F)F)cc2)c2ccc(F)cc12. The van der Waals surface area contributed by atoms with Crippen LogP contribution in [0, 0.1) is 19.7 Å². The van der Waals surface area contributed by atoms with Crippen molar-refractivity contribution in [2.45, 2.75) is 25.2 Å². The van der Waals surface area contributed by atoms with E-state index >= 15 is 0 Å². The number of aromatic carboxylic acids is 1. The first-order chi connectivity index (χ1) is 21.5. The zero-order chi connectivity index (χ0) is 32.0. The molecule has 0 radical (unpaired) electrons. The zero-order valence-corrected chi connectivity index (χ0v) is 25.6. The van der Waals surface area contributed by atoms with Crippen LogP contribution in [0.4, 0.5) is 13.2 Å². The van der Waals surface area contributed by atoms with Crippen LogP contribution >= 0.6 is 11.6 Å². The zero-order valence-electron chi connectivity index (χ0n) is 24.0. The Balaban J connectivity index is 1.68. The van der Waals surface area contributed by atoms with Gasteiger partial charge in [-0.2, -0.15) is 0 Å². The molecule has 1 atom stereocenters. The lowest BCUT2D eigenvalue weighted by atomic mass is 9.91. The lowest BCUT2D eigenvalue weighted by Gasteiger charge is -2.16. The summed E-state index contributed by atoms with van der Waals surface area (Å²) in [6.07, 6.45) is -2.67. The summed E-state index contributed by atoms with van der Waals surface area (Å²) in [5.74, 6) is -1.57. The Bertz CT molecular complexity index is 2120. The first-order valence-electron chi connectivity index (χ1n) is 13.9. The van der Waals surface area contributed by atoms with E-state index in [0.717, 1.165) is 16.7 Å². The third-order valence-electron chi connectivity index (χ3n) is 7.78. The van der Waals surface area contributed by atoms with Gasteiger partial charge in [0.1, 0.15) is 5.82 Å². The van der Waals surface area contributed by atoms with Gasteiger partial charge < -0.3 is 5.11 Å². The number of carboxylic acids is 1. The fourth-order valence-corrected chi connectivity index (χ4v) is 7.25. The molecule has 5 aromatic carbocycles. The molecule has 1 aromatic heterocycles. The van der Waals surface area contributed by atoms with Gasteiger partial charge in [-0.1, -0.05) is 66.2 Å². The van der Waals surface area contributed by atoms with E-state index in [1.54, 1.807) is 16.1 Å². The third-order valence-corrected chi connectivity index (χ3v) is 9.48.